The van der Waals surface area contributed by atoms with Gasteiger partial charge in [-0.2, -0.15) is 18.2 Å². The molecule has 1 aliphatic carbocycles. The van der Waals surface area contributed by atoms with Crippen LogP contribution in [0.2, 0.25) is 0 Å². The number of amides is 1. The van der Waals surface area contributed by atoms with Crippen molar-refractivity contribution in [2.75, 3.05) is 25.5 Å². The Balaban J connectivity index is 1.25. The van der Waals surface area contributed by atoms with E-state index in [1.807, 2.05) is 11.9 Å². The first kappa shape index (κ1) is 26.6. The van der Waals surface area contributed by atoms with E-state index in [1.54, 1.807) is 18.2 Å². The molecule has 1 saturated carbocycles. The van der Waals surface area contributed by atoms with Gasteiger partial charge >= 0.3 is 18.0 Å². The molecule has 0 spiro atoms. The standard InChI is InChI=1S/C25H25F4N7O3S/c1-36-8-7-16(15(26)11-36)31-17-4-2-3-13-14(9-25(27,28)29)20(40-19(13)17)21-32-18(39-35-21)10-30-22(37)24-34-33-23(38-24)12-5-6-12/h2-4,12,15-16,31H,5-11H2,1H3,(H,30,37)/t15-,16+/m0/s1. The Hall–Kier alpha value is -3.59. The Bertz CT molecular complexity index is 1530. The van der Waals surface area contributed by atoms with Crippen LogP contribution in [0.1, 0.15) is 53.2 Å². The Kier molecular flexibility index (Phi) is 6.94. The summed E-state index contributed by atoms with van der Waals surface area (Å²) in [6.07, 6.45) is -4.37. The van der Waals surface area contributed by atoms with Crippen LogP contribution in [-0.4, -0.2) is 69.7 Å². The molecule has 0 bridgehead atoms. The Morgan fingerprint density at radius 1 is 1.23 bits per heavy atom. The highest BCUT2D eigenvalue weighted by Crippen LogP contribution is 2.44. The summed E-state index contributed by atoms with van der Waals surface area (Å²) in [5, 5.41) is 17.6. The molecule has 2 N–H and O–H groups in total. The maximum Gasteiger partial charge on any atom is 0.393 e. The minimum absolute atomic E-state index is 0.00572. The van der Waals surface area contributed by atoms with Crippen molar-refractivity contribution < 1.29 is 31.3 Å². The average molecular weight is 580 g/mol. The number of piperidine rings is 1. The fraction of sp³-hybridized carbons (Fsp3) is 0.480. The largest absolute Gasteiger partial charge is 0.417 e. The van der Waals surface area contributed by atoms with Gasteiger partial charge in [0.15, 0.2) is 0 Å². The lowest BCUT2D eigenvalue weighted by Gasteiger charge is -2.33. The van der Waals surface area contributed by atoms with Crippen LogP contribution in [0.25, 0.3) is 20.8 Å². The molecule has 1 amide bonds. The number of rotatable bonds is 8. The first-order valence-electron chi connectivity index (χ1n) is 12.8. The van der Waals surface area contributed by atoms with Crippen molar-refractivity contribution in [2.24, 2.45) is 0 Å². The van der Waals surface area contributed by atoms with Gasteiger partial charge in [0, 0.05) is 19.0 Å². The van der Waals surface area contributed by atoms with Crippen molar-refractivity contribution in [3.63, 3.8) is 0 Å². The number of anilines is 1. The fourth-order valence-electron chi connectivity index (χ4n) is 4.73. The molecule has 1 aromatic carbocycles. The second kappa shape index (κ2) is 10.4. The number of carbonyl (C=O) groups excluding carboxylic acids is 1. The maximum absolute atomic E-state index is 14.7. The molecule has 2 fully saturated rings. The minimum Gasteiger partial charge on any atom is -0.417 e. The van der Waals surface area contributed by atoms with E-state index in [-0.39, 0.29) is 47.1 Å². The third-order valence-electron chi connectivity index (χ3n) is 6.91. The number of likely N-dealkylation sites (tertiary alicyclic amines) is 1. The van der Waals surface area contributed by atoms with Gasteiger partial charge in [-0.1, -0.05) is 17.3 Å². The molecule has 3 aromatic heterocycles. The number of thiophene rings is 1. The molecule has 15 heteroatoms. The highest BCUT2D eigenvalue weighted by atomic mass is 32.1. The molecule has 212 valence electrons. The van der Waals surface area contributed by atoms with Gasteiger partial charge in [0.05, 0.1) is 34.3 Å². The first-order chi connectivity index (χ1) is 19.1. The number of carbonyl (C=O) groups is 1. The number of alkyl halides is 4. The second-order valence-corrected chi connectivity index (χ2v) is 11.1. The Morgan fingerprint density at radius 2 is 2.05 bits per heavy atom. The summed E-state index contributed by atoms with van der Waals surface area (Å²) in [5.74, 6) is -0.261. The second-order valence-electron chi connectivity index (χ2n) is 10.1. The van der Waals surface area contributed by atoms with E-state index in [1.165, 1.54) is 0 Å². The van der Waals surface area contributed by atoms with Crippen molar-refractivity contribution in [3.05, 3.63) is 41.4 Å². The number of benzene rings is 1. The number of aromatic nitrogens is 4. The van der Waals surface area contributed by atoms with E-state index in [9.17, 15) is 22.4 Å². The van der Waals surface area contributed by atoms with E-state index in [4.69, 9.17) is 8.94 Å². The van der Waals surface area contributed by atoms with Crippen LogP contribution in [0.5, 0.6) is 0 Å². The van der Waals surface area contributed by atoms with Crippen LogP contribution >= 0.6 is 11.3 Å². The van der Waals surface area contributed by atoms with Gasteiger partial charge in [-0.25, -0.2) is 4.39 Å². The molecule has 1 saturated heterocycles. The van der Waals surface area contributed by atoms with Gasteiger partial charge in [0.2, 0.25) is 17.6 Å². The van der Waals surface area contributed by atoms with Crippen molar-refractivity contribution in [1.82, 2.24) is 30.6 Å². The summed E-state index contributed by atoms with van der Waals surface area (Å²) in [6.45, 7) is 0.797. The maximum atomic E-state index is 14.7. The smallest absolute Gasteiger partial charge is 0.393 e. The minimum atomic E-state index is -4.49. The fourth-order valence-corrected chi connectivity index (χ4v) is 5.95. The summed E-state index contributed by atoms with van der Waals surface area (Å²) in [5.41, 5.74) is 0.557. The molecule has 0 radical (unpaired) electrons. The number of fused-ring (bicyclic) bond motifs is 1. The lowest BCUT2D eigenvalue weighted by Crippen LogP contribution is -2.46. The van der Waals surface area contributed by atoms with E-state index >= 15 is 0 Å². The molecule has 6 rings (SSSR count). The molecule has 40 heavy (non-hydrogen) atoms. The van der Waals surface area contributed by atoms with E-state index in [0.29, 0.717) is 34.6 Å². The van der Waals surface area contributed by atoms with Crippen molar-refractivity contribution in [1.29, 1.82) is 0 Å². The number of nitrogens with one attached hydrogen (secondary N) is 2. The number of nitrogens with zero attached hydrogens (tertiary/aromatic N) is 5. The SMILES string of the molecule is CN1CC[C@@H](Nc2cccc3c(CC(F)(F)F)c(-c4noc(CNC(=O)c5nnc(C6CC6)o5)n4)sc23)[C@@H](F)C1. The molecule has 10 nitrogen and oxygen atoms in total. The third kappa shape index (κ3) is 5.66. The van der Waals surface area contributed by atoms with E-state index in [0.717, 1.165) is 24.2 Å². The number of halogens is 4. The van der Waals surface area contributed by atoms with Gasteiger partial charge in [0.25, 0.3) is 0 Å². The molecule has 0 unspecified atom stereocenters. The topological polar surface area (TPSA) is 122 Å². The van der Waals surface area contributed by atoms with Crippen molar-refractivity contribution in [3.8, 4) is 10.7 Å². The van der Waals surface area contributed by atoms with Gasteiger partial charge in [-0.05, 0) is 43.3 Å². The quantitative estimate of drug-likeness (QED) is 0.286. The van der Waals surface area contributed by atoms with Crippen molar-refractivity contribution >= 4 is 33.0 Å². The van der Waals surface area contributed by atoms with Gasteiger partial charge in [-0.3, -0.25) is 4.79 Å². The Labute approximate surface area is 229 Å². The van der Waals surface area contributed by atoms with E-state index in [2.05, 4.69) is 31.0 Å². The zero-order valence-electron chi connectivity index (χ0n) is 21.3. The summed E-state index contributed by atoms with van der Waals surface area (Å²) < 4.78 is 66.8. The van der Waals surface area contributed by atoms with Crippen molar-refractivity contribution in [2.45, 2.75) is 56.5 Å². The predicted molar refractivity (Wildman–Crippen MR) is 137 cm³/mol. The molecule has 2 atom stereocenters. The highest BCUT2D eigenvalue weighted by Gasteiger charge is 2.34. The van der Waals surface area contributed by atoms with Crippen LogP contribution in [0, 0.1) is 0 Å². The highest BCUT2D eigenvalue weighted by molar-refractivity contribution is 7.23. The average Bonchev–Trinajstić information content (AvgIpc) is 3.29. The molecule has 4 aromatic rings. The van der Waals surface area contributed by atoms with Gasteiger partial charge in [-0.15, -0.1) is 21.5 Å². The lowest BCUT2D eigenvalue weighted by atomic mass is 10.0. The predicted octanol–water partition coefficient (Wildman–Crippen LogP) is 4.70. The summed E-state index contributed by atoms with van der Waals surface area (Å²) in [4.78, 5) is 18.7. The normalized spacial score (nSPS) is 20.2. The third-order valence-corrected chi connectivity index (χ3v) is 8.19. The number of hydrogen-bond acceptors (Lipinski definition) is 10. The molecule has 4 heterocycles. The molecular weight excluding hydrogens is 554 g/mol. The van der Waals surface area contributed by atoms with E-state index < -0.39 is 30.7 Å². The molecule has 2 aliphatic rings. The number of hydrogen-bond donors (Lipinski definition) is 2. The van der Waals surface area contributed by atoms with Crippen LogP contribution in [0.4, 0.5) is 23.2 Å². The van der Waals surface area contributed by atoms with Gasteiger partial charge in [0.1, 0.15) is 6.17 Å². The van der Waals surface area contributed by atoms with Crippen LogP contribution in [-0.2, 0) is 13.0 Å². The Morgan fingerprint density at radius 3 is 2.80 bits per heavy atom. The van der Waals surface area contributed by atoms with Crippen LogP contribution < -0.4 is 10.6 Å². The molecule has 1 aliphatic heterocycles. The summed E-state index contributed by atoms with van der Waals surface area (Å²) in [6, 6.07) is 4.52. The first-order valence-corrected chi connectivity index (χ1v) is 13.6. The zero-order valence-corrected chi connectivity index (χ0v) is 22.1. The molecular formula is C25H25F4N7O3S. The van der Waals surface area contributed by atoms with Gasteiger partial charge < -0.3 is 24.5 Å². The zero-order chi connectivity index (χ0) is 28.0. The van der Waals surface area contributed by atoms with Crippen LogP contribution in [0.3, 0.4) is 0 Å². The van der Waals surface area contributed by atoms with Crippen LogP contribution in [0.15, 0.2) is 27.1 Å². The lowest BCUT2D eigenvalue weighted by molar-refractivity contribution is -0.126. The summed E-state index contributed by atoms with van der Waals surface area (Å²) >= 11 is 1.08. The summed E-state index contributed by atoms with van der Waals surface area (Å²) in [7, 11) is 1.85. The monoisotopic (exact) mass is 579 g/mol.